The number of halogens is 2. The molecule has 0 amide bonds. The van der Waals surface area contributed by atoms with Gasteiger partial charge in [-0.3, -0.25) is 0 Å². The van der Waals surface area contributed by atoms with Crippen LogP contribution in [0.15, 0.2) is 59.6 Å². The van der Waals surface area contributed by atoms with Crippen LogP contribution in [-0.2, 0) is 6.42 Å². The number of hydrogen-bond acceptors (Lipinski definition) is 1. The number of aryl methyl sites for hydroxylation is 1. The zero-order valence-electron chi connectivity index (χ0n) is 14.1. The average Bonchev–Trinajstić information content (AvgIpc) is 2.63. The van der Waals surface area contributed by atoms with E-state index < -0.39 is 11.6 Å². The molecule has 0 aliphatic rings. The van der Waals surface area contributed by atoms with E-state index in [2.05, 4.69) is 4.99 Å². The first kappa shape index (κ1) is 16.9. The molecule has 3 aromatic carbocycles. The van der Waals surface area contributed by atoms with Crippen LogP contribution in [0.4, 0.5) is 20.2 Å². The first-order valence-corrected chi connectivity index (χ1v) is 8.05. The zero-order chi connectivity index (χ0) is 18.0. The molecule has 0 aliphatic carbocycles. The third-order valence-electron chi connectivity index (χ3n) is 4.21. The van der Waals surface area contributed by atoms with E-state index in [1.165, 1.54) is 4.90 Å². The highest BCUT2D eigenvalue weighted by molar-refractivity contribution is 6.00. The van der Waals surface area contributed by atoms with Gasteiger partial charge in [-0.25, -0.2) is 13.8 Å². The molecule has 0 unspecified atom stereocenters. The van der Waals surface area contributed by atoms with Crippen LogP contribution in [-0.4, -0.2) is 13.0 Å². The SMILES string of the molecule is CCc1ccc(F)c(F)c1N(C)C(N)=Nc1cccc2ccccc12. The summed E-state index contributed by atoms with van der Waals surface area (Å²) in [6, 6.07) is 16.2. The van der Waals surface area contributed by atoms with Crippen molar-refractivity contribution < 1.29 is 8.78 Å². The van der Waals surface area contributed by atoms with Crippen LogP contribution in [0.5, 0.6) is 0 Å². The van der Waals surface area contributed by atoms with Crippen LogP contribution >= 0.6 is 0 Å². The van der Waals surface area contributed by atoms with Gasteiger partial charge in [-0.2, -0.15) is 0 Å². The molecule has 0 radical (unpaired) electrons. The van der Waals surface area contributed by atoms with Crippen LogP contribution in [0, 0.1) is 11.6 Å². The fourth-order valence-electron chi connectivity index (χ4n) is 2.85. The lowest BCUT2D eigenvalue weighted by molar-refractivity contribution is 0.508. The Morgan fingerprint density at radius 1 is 1.04 bits per heavy atom. The Balaban J connectivity index is 2.07. The summed E-state index contributed by atoms with van der Waals surface area (Å²) in [6.45, 7) is 1.88. The van der Waals surface area contributed by atoms with Gasteiger partial charge in [0, 0.05) is 12.4 Å². The van der Waals surface area contributed by atoms with Crippen LogP contribution in [0.25, 0.3) is 10.8 Å². The predicted octanol–water partition coefficient (Wildman–Crippen LogP) is 4.76. The third kappa shape index (κ3) is 3.18. The highest BCUT2D eigenvalue weighted by Gasteiger charge is 2.18. The van der Waals surface area contributed by atoms with E-state index in [1.807, 2.05) is 49.4 Å². The minimum Gasteiger partial charge on any atom is -0.369 e. The monoisotopic (exact) mass is 339 g/mol. The maximum absolute atomic E-state index is 14.3. The molecule has 0 atom stereocenters. The topological polar surface area (TPSA) is 41.6 Å². The maximum Gasteiger partial charge on any atom is 0.200 e. The van der Waals surface area contributed by atoms with Crippen molar-refractivity contribution >= 4 is 28.1 Å². The minimum atomic E-state index is -0.919. The van der Waals surface area contributed by atoms with Gasteiger partial charge in [-0.15, -0.1) is 0 Å². The van der Waals surface area contributed by atoms with E-state index >= 15 is 0 Å². The number of nitrogens with zero attached hydrogens (tertiary/aromatic N) is 2. The molecule has 3 nitrogen and oxygen atoms in total. The Labute approximate surface area is 145 Å². The standard InChI is InChI=1S/C20H19F2N3/c1-3-13-11-12-16(21)18(22)19(13)25(2)20(23)24-17-10-6-8-14-7-4-5-9-15(14)17/h4-12H,3H2,1-2H3,(H2,23,24). The highest BCUT2D eigenvalue weighted by atomic mass is 19.2. The third-order valence-corrected chi connectivity index (χ3v) is 4.21. The molecule has 0 spiro atoms. The summed E-state index contributed by atoms with van der Waals surface area (Å²) in [5.41, 5.74) is 7.56. The molecule has 3 aromatic rings. The molecule has 5 heteroatoms. The molecule has 0 aliphatic heterocycles. The van der Waals surface area contributed by atoms with Crippen molar-refractivity contribution in [3.8, 4) is 0 Å². The second-order valence-electron chi connectivity index (χ2n) is 5.75. The van der Waals surface area contributed by atoms with Gasteiger partial charge in [0.1, 0.15) is 0 Å². The summed E-state index contributed by atoms with van der Waals surface area (Å²) in [5, 5.41) is 1.97. The van der Waals surface area contributed by atoms with E-state index in [-0.39, 0.29) is 11.6 Å². The molecule has 128 valence electrons. The molecule has 25 heavy (non-hydrogen) atoms. The number of anilines is 1. The van der Waals surface area contributed by atoms with Gasteiger partial charge < -0.3 is 10.6 Å². The summed E-state index contributed by atoms with van der Waals surface area (Å²) in [5.74, 6) is -1.73. The number of guanidine groups is 1. The normalized spacial score (nSPS) is 11.8. The summed E-state index contributed by atoms with van der Waals surface area (Å²) in [6.07, 6.45) is 0.554. The fourth-order valence-corrected chi connectivity index (χ4v) is 2.85. The molecule has 2 N–H and O–H groups in total. The van der Waals surface area contributed by atoms with Gasteiger partial charge in [0.15, 0.2) is 11.6 Å². The number of benzene rings is 3. The maximum atomic E-state index is 14.3. The molecular weight excluding hydrogens is 320 g/mol. The Hall–Kier alpha value is -2.95. The Morgan fingerprint density at radius 2 is 1.76 bits per heavy atom. The summed E-state index contributed by atoms with van der Waals surface area (Å²) >= 11 is 0. The first-order valence-electron chi connectivity index (χ1n) is 8.05. The Kier molecular flexibility index (Phi) is 4.65. The average molecular weight is 339 g/mol. The fraction of sp³-hybridized carbons (Fsp3) is 0.150. The number of rotatable bonds is 3. The van der Waals surface area contributed by atoms with Gasteiger partial charge in [0.25, 0.3) is 0 Å². The summed E-state index contributed by atoms with van der Waals surface area (Å²) < 4.78 is 28.0. The van der Waals surface area contributed by atoms with Crippen LogP contribution in [0.1, 0.15) is 12.5 Å². The molecule has 3 rings (SSSR count). The van der Waals surface area contributed by atoms with Crippen LogP contribution in [0.3, 0.4) is 0 Å². The molecule has 0 heterocycles. The lowest BCUT2D eigenvalue weighted by Gasteiger charge is -2.22. The molecular formula is C20H19F2N3. The van der Waals surface area contributed by atoms with E-state index in [4.69, 9.17) is 5.73 Å². The molecule has 0 saturated carbocycles. The van der Waals surface area contributed by atoms with Gasteiger partial charge in [-0.1, -0.05) is 49.4 Å². The van der Waals surface area contributed by atoms with Crippen molar-refractivity contribution in [1.82, 2.24) is 0 Å². The quantitative estimate of drug-likeness (QED) is 0.552. The van der Waals surface area contributed by atoms with E-state index in [0.717, 1.165) is 16.8 Å². The second kappa shape index (κ2) is 6.89. The number of fused-ring (bicyclic) bond motifs is 1. The first-order chi connectivity index (χ1) is 12.0. The van der Waals surface area contributed by atoms with Crippen LogP contribution < -0.4 is 10.6 Å². The van der Waals surface area contributed by atoms with E-state index in [9.17, 15) is 8.78 Å². The van der Waals surface area contributed by atoms with Crippen molar-refractivity contribution in [3.63, 3.8) is 0 Å². The largest absolute Gasteiger partial charge is 0.369 e. The summed E-state index contributed by atoms with van der Waals surface area (Å²) in [7, 11) is 1.58. The van der Waals surface area contributed by atoms with Crippen molar-refractivity contribution in [3.05, 3.63) is 71.8 Å². The van der Waals surface area contributed by atoms with Crippen LogP contribution in [0.2, 0.25) is 0 Å². The summed E-state index contributed by atoms with van der Waals surface area (Å²) in [4.78, 5) is 5.83. The van der Waals surface area contributed by atoms with Crippen molar-refractivity contribution in [2.75, 3.05) is 11.9 Å². The van der Waals surface area contributed by atoms with Gasteiger partial charge in [0.2, 0.25) is 5.96 Å². The van der Waals surface area contributed by atoms with Crippen molar-refractivity contribution in [2.45, 2.75) is 13.3 Å². The van der Waals surface area contributed by atoms with Crippen molar-refractivity contribution in [1.29, 1.82) is 0 Å². The van der Waals surface area contributed by atoms with E-state index in [0.29, 0.717) is 17.7 Å². The number of nitrogens with two attached hydrogens (primary N) is 1. The lowest BCUT2D eigenvalue weighted by Crippen LogP contribution is -2.35. The molecule has 0 aromatic heterocycles. The van der Waals surface area contributed by atoms with E-state index in [1.54, 1.807) is 13.1 Å². The van der Waals surface area contributed by atoms with Gasteiger partial charge in [0.05, 0.1) is 11.4 Å². The minimum absolute atomic E-state index is 0.0931. The highest BCUT2D eigenvalue weighted by Crippen LogP contribution is 2.29. The lowest BCUT2D eigenvalue weighted by atomic mass is 10.1. The molecule has 0 saturated heterocycles. The Bertz CT molecular complexity index is 946. The van der Waals surface area contributed by atoms with Gasteiger partial charge >= 0.3 is 0 Å². The molecule has 0 bridgehead atoms. The Morgan fingerprint density at radius 3 is 2.52 bits per heavy atom. The molecule has 0 fully saturated rings. The van der Waals surface area contributed by atoms with Crippen molar-refractivity contribution in [2.24, 2.45) is 10.7 Å². The number of aliphatic imine (C=N–C) groups is 1. The zero-order valence-corrected chi connectivity index (χ0v) is 14.1. The smallest absolute Gasteiger partial charge is 0.200 e. The predicted molar refractivity (Wildman–Crippen MR) is 99.4 cm³/mol. The van der Waals surface area contributed by atoms with Gasteiger partial charge in [-0.05, 0) is 29.5 Å². The second-order valence-corrected chi connectivity index (χ2v) is 5.75. The number of hydrogen-bond donors (Lipinski definition) is 1.